The molecule has 0 spiro atoms. The molecule has 7 nitrogen and oxygen atoms in total. The SMILES string of the molecule is CCOc1ccc(N(CCNS(=O)(=O)c2ccccc2)S(C)(=O)=O)cc1. The Bertz CT molecular complexity index is 911. The van der Waals surface area contributed by atoms with Gasteiger partial charge in [0.2, 0.25) is 20.0 Å². The van der Waals surface area contributed by atoms with E-state index in [1.807, 2.05) is 6.92 Å². The molecular formula is C17H22N2O5S2. The first-order valence-corrected chi connectivity index (χ1v) is 11.3. The highest BCUT2D eigenvalue weighted by Crippen LogP contribution is 2.21. The molecule has 0 aliphatic carbocycles. The van der Waals surface area contributed by atoms with Crippen molar-refractivity contribution in [3.8, 4) is 5.75 Å². The van der Waals surface area contributed by atoms with E-state index in [0.29, 0.717) is 18.0 Å². The number of rotatable bonds is 9. The van der Waals surface area contributed by atoms with E-state index >= 15 is 0 Å². The third-order valence-electron chi connectivity index (χ3n) is 3.50. The molecule has 0 amide bonds. The van der Waals surface area contributed by atoms with Crippen LogP contribution >= 0.6 is 0 Å². The Balaban J connectivity index is 2.10. The predicted molar refractivity (Wildman–Crippen MR) is 101 cm³/mol. The molecule has 0 aliphatic rings. The average molecular weight is 399 g/mol. The largest absolute Gasteiger partial charge is 0.494 e. The van der Waals surface area contributed by atoms with Crippen molar-refractivity contribution in [2.45, 2.75) is 11.8 Å². The van der Waals surface area contributed by atoms with Gasteiger partial charge in [0, 0.05) is 13.1 Å². The quantitative estimate of drug-likeness (QED) is 0.696. The maximum absolute atomic E-state index is 12.2. The van der Waals surface area contributed by atoms with Gasteiger partial charge in [-0.3, -0.25) is 4.31 Å². The van der Waals surface area contributed by atoms with Crippen LogP contribution in [0.3, 0.4) is 0 Å². The molecule has 26 heavy (non-hydrogen) atoms. The van der Waals surface area contributed by atoms with E-state index in [-0.39, 0.29) is 18.0 Å². The summed E-state index contributed by atoms with van der Waals surface area (Å²) < 4.78 is 57.5. The standard InChI is InChI=1S/C17H22N2O5S2/c1-3-24-16-11-9-15(10-12-16)19(25(2,20)21)14-13-18-26(22,23)17-7-5-4-6-8-17/h4-12,18H,3,13-14H2,1-2H3. The molecular weight excluding hydrogens is 376 g/mol. The summed E-state index contributed by atoms with van der Waals surface area (Å²) in [4.78, 5) is 0.131. The van der Waals surface area contributed by atoms with Crippen molar-refractivity contribution in [2.24, 2.45) is 0 Å². The number of nitrogens with one attached hydrogen (secondary N) is 1. The maximum Gasteiger partial charge on any atom is 0.240 e. The first kappa shape index (κ1) is 20.2. The van der Waals surface area contributed by atoms with Gasteiger partial charge in [0.15, 0.2) is 0 Å². The highest BCUT2D eigenvalue weighted by atomic mass is 32.2. The van der Waals surface area contributed by atoms with Crippen LogP contribution in [0, 0.1) is 0 Å². The Morgan fingerprint density at radius 1 is 0.962 bits per heavy atom. The van der Waals surface area contributed by atoms with E-state index < -0.39 is 20.0 Å². The molecule has 0 atom stereocenters. The molecule has 2 aromatic carbocycles. The Morgan fingerprint density at radius 3 is 2.12 bits per heavy atom. The summed E-state index contributed by atoms with van der Waals surface area (Å²) in [6.07, 6.45) is 1.08. The fourth-order valence-corrected chi connectivity index (χ4v) is 4.30. The van der Waals surface area contributed by atoms with Gasteiger partial charge < -0.3 is 4.74 Å². The van der Waals surface area contributed by atoms with Gasteiger partial charge in [-0.25, -0.2) is 21.6 Å². The van der Waals surface area contributed by atoms with Crippen LogP contribution in [0.2, 0.25) is 0 Å². The maximum atomic E-state index is 12.2. The van der Waals surface area contributed by atoms with Crippen molar-refractivity contribution in [3.63, 3.8) is 0 Å². The second-order valence-corrected chi connectivity index (χ2v) is 9.15. The van der Waals surface area contributed by atoms with Crippen LogP contribution in [-0.4, -0.2) is 42.8 Å². The summed E-state index contributed by atoms with van der Waals surface area (Å²) in [6.45, 7) is 2.28. The molecule has 142 valence electrons. The lowest BCUT2D eigenvalue weighted by Gasteiger charge is -2.22. The number of sulfonamides is 2. The molecule has 2 rings (SSSR count). The van der Waals surface area contributed by atoms with Crippen molar-refractivity contribution in [3.05, 3.63) is 54.6 Å². The van der Waals surface area contributed by atoms with Crippen molar-refractivity contribution in [1.29, 1.82) is 0 Å². The van der Waals surface area contributed by atoms with Gasteiger partial charge in [-0.2, -0.15) is 0 Å². The molecule has 0 saturated heterocycles. The number of hydrogen-bond donors (Lipinski definition) is 1. The van der Waals surface area contributed by atoms with Crippen LogP contribution in [0.1, 0.15) is 6.92 Å². The molecule has 0 fully saturated rings. The van der Waals surface area contributed by atoms with E-state index in [4.69, 9.17) is 4.74 Å². The summed E-state index contributed by atoms with van der Waals surface area (Å²) in [5.41, 5.74) is 0.440. The lowest BCUT2D eigenvalue weighted by atomic mass is 10.3. The fraction of sp³-hybridized carbons (Fsp3) is 0.294. The summed E-state index contributed by atoms with van der Waals surface area (Å²) in [7, 11) is -7.26. The Kier molecular flexibility index (Phi) is 6.63. The summed E-state index contributed by atoms with van der Waals surface area (Å²) in [6, 6.07) is 14.5. The first-order valence-electron chi connectivity index (χ1n) is 7.99. The fourth-order valence-electron chi connectivity index (χ4n) is 2.33. The Hall–Kier alpha value is -2.10. The van der Waals surface area contributed by atoms with Crippen molar-refractivity contribution in [2.75, 3.05) is 30.3 Å². The van der Waals surface area contributed by atoms with Gasteiger partial charge in [-0.1, -0.05) is 18.2 Å². The van der Waals surface area contributed by atoms with Gasteiger partial charge in [0.25, 0.3) is 0 Å². The molecule has 0 unspecified atom stereocenters. The third kappa shape index (κ3) is 5.45. The smallest absolute Gasteiger partial charge is 0.240 e. The van der Waals surface area contributed by atoms with Crippen LogP contribution in [-0.2, 0) is 20.0 Å². The van der Waals surface area contributed by atoms with Crippen LogP contribution in [0.5, 0.6) is 5.75 Å². The number of nitrogens with zero attached hydrogens (tertiary/aromatic N) is 1. The zero-order chi connectivity index (χ0) is 19.2. The molecule has 0 bridgehead atoms. The van der Waals surface area contributed by atoms with E-state index in [1.54, 1.807) is 42.5 Å². The first-order chi connectivity index (χ1) is 12.2. The number of benzene rings is 2. The summed E-state index contributed by atoms with van der Waals surface area (Å²) >= 11 is 0. The topological polar surface area (TPSA) is 92.8 Å². The Labute approximate surface area is 154 Å². The molecule has 0 radical (unpaired) electrons. The number of hydrogen-bond acceptors (Lipinski definition) is 5. The molecule has 0 heterocycles. The van der Waals surface area contributed by atoms with Gasteiger partial charge in [0.1, 0.15) is 5.75 Å². The van der Waals surface area contributed by atoms with Crippen LogP contribution in [0.25, 0.3) is 0 Å². The highest BCUT2D eigenvalue weighted by Gasteiger charge is 2.19. The zero-order valence-corrected chi connectivity index (χ0v) is 16.3. The van der Waals surface area contributed by atoms with Crippen molar-refractivity contribution < 1.29 is 21.6 Å². The lowest BCUT2D eigenvalue weighted by molar-refractivity contribution is 0.340. The molecule has 9 heteroatoms. The van der Waals surface area contributed by atoms with Crippen LogP contribution < -0.4 is 13.8 Å². The minimum Gasteiger partial charge on any atom is -0.494 e. The van der Waals surface area contributed by atoms with Crippen LogP contribution in [0.4, 0.5) is 5.69 Å². The van der Waals surface area contributed by atoms with Gasteiger partial charge >= 0.3 is 0 Å². The second-order valence-electron chi connectivity index (χ2n) is 5.47. The lowest BCUT2D eigenvalue weighted by Crippen LogP contribution is -2.38. The number of ether oxygens (including phenoxy) is 1. The van der Waals surface area contributed by atoms with E-state index in [0.717, 1.165) is 10.6 Å². The van der Waals surface area contributed by atoms with E-state index in [1.165, 1.54) is 12.1 Å². The minimum atomic E-state index is -3.69. The second kappa shape index (κ2) is 8.52. The summed E-state index contributed by atoms with van der Waals surface area (Å²) in [5, 5.41) is 0. The zero-order valence-electron chi connectivity index (χ0n) is 14.6. The van der Waals surface area contributed by atoms with Crippen molar-refractivity contribution >= 4 is 25.7 Å². The van der Waals surface area contributed by atoms with Gasteiger partial charge in [-0.15, -0.1) is 0 Å². The number of anilines is 1. The Morgan fingerprint density at radius 2 is 1.58 bits per heavy atom. The van der Waals surface area contributed by atoms with Gasteiger partial charge in [0.05, 0.1) is 23.4 Å². The van der Waals surface area contributed by atoms with E-state index in [2.05, 4.69) is 4.72 Å². The summed E-state index contributed by atoms with van der Waals surface area (Å²) in [5.74, 6) is 0.634. The van der Waals surface area contributed by atoms with Gasteiger partial charge in [-0.05, 0) is 43.3 Å². The minimum absolute atomic E-state index is 0.0289. The van der Waals surface area contributed by atoms with Crippen LogP contribution in [0.15, 0.2) is 59.5 Å². The normalized spacial score (nSPS) is 11.9. The monoisotopic (exact) mass is 398 g/mol. The average Bonchev–Trinajstić information content (AvgIpc) is 2.60. The molecule has 2 aromatic rings. The van der Waals surface area contributed by atoms with Crippen molar-refractivity contribution in [1.82, 2.24) is 4.72 Å². The molecule has 0 aliphatic heterocycles. The third-order valence-corrected chi connectivity index (χ3v) is 6.17. The molecule has 0 aromatic heterocycles. The highest BCUT2D eigenvalue weighted by molar-refractivity contribution is 7.92. The molecule has 0 saturated carbocycles. The molecule has 1 N–H and O–H groups in total. The predicted octanol–water partition coefficient (Wildman–Crippen LogP) is 1.83. The van der Waals surface area contributed by atoms with E-state index in [9.17, 15) is 16.8 Å².